The number of likely N-dealkylation sites (tertiary alicyclic amines) is 1. The Labute approximate surface area is 92.2 Å². The summed E-state index contributed by atoms with van der Waals surface area (Å²) in [6, 6.07) is 0.497. The molecule has 1 N–H and O–H groups in total. The second-order valence-corrected chi connectivity index (χ2v) is 5.48. The molecule has 0 aromatic heterocycles. The Morgan fingerprint density at radius 1 is 1.27 bits per heavy atom. The van der Waals surface area contributed by atoms with Crippen LogP contribution >= 0.6 is 0 Å². The molecule has 86 valence electrons. The summed E-state index contributed by atoms with van der Waals surface area (Å²) in [5, 5.41) is 3.05. The van der Waals surface area contributed by atoms with Crippen molar-refractivity contribution in [1.29, 1.82) is 0 Å². The first-order valence-corrected chi connectivity index (χ1v) is 6.15. The lowest BCUT2D eigenvalue weighted by molar-refractivity contribution is -0.123. The van der Waals surface area contributed by atoms with Gasteiger partial charge in [-0.15, -0.1) is 0 Å². The molecule has 1 amide bonds. The average molecular weight is 210 g/mol. The lowest BCUT2D eigenvalue weighted by Crippen LogP contribution is -2.44. The summed E-state index contributed by atoms with van der Waals surface area (Å²) in [5.41, 5.74) is 0. The fraction of sp³-hybridized carbons (Fsp3) is 0.917. The molecule has 0 unspecified atom stereocenters. The Morgan fingerprint density at radius 3 is 2.40 bits per heavy atom. The summed E-state index contributed by atoms with van der Waals surface area (Å²) in [7, 11) is 0. The van der Waals surface area contributed by atoms with Crippen LogP contribution in [0.25, 0.3) is 0 Å². The number of hydrogen-bond acceptors (Lipinski definition) is 2. The lowest BCUT2D eigenvalue weighted by atomic mass is 9.92. The van der Waals surface area contributed by atoms with Crippen molar-refractivity contribution in [2.24, 2.45) is 11.8 Å². The van der Waals surface area contributed by atoms with Crippen LogP contribution in [-0.2, 0) is 4.79 Å². The Balaban J connectivity index is 1.74. The maximum absolute atomic E-state index is 11.6. The van der Waals surface area contributed by atoms with Gasteiger partial charge in [-0.25, -0.2) is 0 Å². The van der Waals surface area contributed by atoms with Gasteiger partial charge in [0.25, 0.3) is 0 Å². The zero-order valence-corrected chi connectivity index (χ0v) is 9.83. The van der Waals surface area contributed by atoms with Crippen LogP contribution in [0.2, 0.25) is 0 Å². The molecular formula is C12H22N2O. The highest BCUT2D eigenvalue weighted by atomic mass is 16.2. The number of piperidine rings is 1. The van der Waals surface area contributed by atoms with Gasteiger partial charge in [0, 0.05) is 19.1 Å². The van der Waals surface area contributed by atoms with E-state index >= 15 is 0 Å². The van der Waals surface area contributed by atoms with E-state index in [2.05, 4.69) is 24.1 Å². The van der Waals surface area contributed by atoms with Crippen LogP contribution in [0.4, 0.5) is 0 Å². The molecule has 3 heteroatoms. The van der Waals surface area contributed by atoms with Crippen LogP contribution in [0.1, 0.15) is 33.1 Å². The summed E-state index contributed by atoms with van der Waals surface area (Å²) < 4.78 is 0. The molecule has 0 spiro atoms. The maximum Gasteiger partial charge on any atom is 0.234 e. The molecule has 1 aliphatic heterocycles. The summed E-state index contributed by atoms with van der Waals surface area (Å²) in [5.74, 6) is 1.70. The zero-order valence-electron chi connectivity index (χ0n) is 9.83. The van der Waals surface area contributed by atoms with Gasteiger partial charge in [-0.1, -0.05) is 13.8 Å². The minimum atomic E-state index is 0.221. The standard InChI is InChI=1S/C12H22N2O/c1-9-5-10(2)7-14(6-9)8-12(15)13-11-3-4-11/h9-11H,3-8H2,1-2H3,(H,13,15)/t9-,10-/m1/s1. The number of amides is 1. The van der Waals surface area contributed by atoms with Crippen molar-refractivity contribution >= 4 is 5.91 Å². The van der Waals surface area contributed by atoms with Crippen molar-refractivity contribution < 1.29 is 4.79 Å². The van der Waals surface area contributed by atoms with Crippen molar-refractivity contribution in [3.05, 3.63) is 0 Å². The molecule has 0 bridgehead atoms. The third-order valence-electron chi connectivity index (χ3n) is 3.25. The second-order valence-electron chi connectivity index (χ2n) is 5.48. The highest BCUT2D eigenvalue weighted by Gasteiger charge is 2.26. The van der Waals surface area contributed by atoms with Gasteiger partial charge in [-0.3, -0.25) is 9.69 Å². The van der Waals surface area contributed by atoms with Gasteiger partial charge in [0.2, 0.25) is 5.91 Å². The van der Waals surface area contributed by atoms with Gasteiger partial charge in [0.15, 0.2) is 0 Å². The molecule has 1 saturated heterocycles. The van der Waals surface area contributed by atoms with Crippen molar-refractivity contribution in [3.63, 3.8) is 0 Å². The monoisotopic (exact) mass is 210 g/mol. The van der Waals surface area contributed by atoms with Gasteiger partial charge < -0.3 is 5.32 Å². The molecule has 2 rings (SSSR count). The number of rotatable bonds is 3. The Bertz CT molecular complexity index is 228. The largest absolute Gasteiger partial charge is 0.352 e. The van der Waals surface area contributed by atoms with Crippen molar-refractivity contribution in [3.8, 4) is 0 Å². The highest BCUT2D eigenvalue weighted by Crippen LogP contribution is 2.21. The fourth-order valence-electron chi connectivity index (χ4n) is 2.63. The van der Waals surface area contributed by atoms with Crippen molar-refractivity contribution in [2.75, 3.05) is 19.6 Å². The number of carbonyl (C=O) groups is 1. The third-order valence-corrected chi connectivity index (χ3v) is 3.25. The summed E-state index contributed by atoms with van der Waals surface area (Å²) in [6.07, 6.45) is 3.66. The van der Waals surface area contributed by atoms with Crippen LogP contribution in [0.3, 0.4) is 0 Å². The van der Waals surface area contributed by atoms with Crippen molar-refractivity contribution in [2.45, 2.75) is 39.2 Å². The molecule has 2 aliphatic rings. The summed E-state index contributed by atoms with van der Waals surface area (Å²) >= 11 is 0. The topological polar surface area (TPSA) is 32.3 Å². The first kappa shape index (κ1) is 10.9. The van der Waals surface area contributed by atoms with Crippen LogP contribution in [-0.4, -0.2) is 36.5 Å². The predicted molar refractivity (Wildman–Crippen MR) is 60.5 cm³/mol. The molecule has 1 saturated carbocycles. The molecule has 2 atom stereocenters. The van der Waals surface area contributed by atoms with Gasteiger partial charge >= 0.3 is 0 Å². The normalized spacial score (nSPS) is 32.7. The van der Waals surface area contributed by atoms with Crippen LogP contribution in [0.5, 0.6) is 0 Å². The predicted octanol–water partition coefficient (Wildman–Crippen LogP) is 1.24. The first-order chi connectivity index (χ1) is 7.13. The Hall–Kier alpha value is -0.570. The van der Waals surface area contributed by atoms with Crippen LogP contribution < -0.4 is 5.32 Å². The summed E-state index contributed by atoms with van der Waals surface area (Å²) in [4.78, 5) is 13.9. The maximum atomic E-state index is 11.6. The molecule has 1 heterocycles. The van der Waals surface area contributed by atoms with Gasteiger partial charge in [-0.05, 0) is 31.1 Å². The van der Waals surface area contributed by atoms with E-state index in [0.717, 1.165) is 24.9 Å². The SMILES string of the molecule is C[C@@H]1C[C@@H](C)CN(CC(=O)NC2CC2)C1. The van der Waals surface area contributed by atoms with Crippen LogP contribution in [0.15, 0.2) is 0 Å². The van der Waals surface area contributed by atoms with E-state index < -0.39 is 0 Å². The first-order valence-electron chi connectivity index (χ1n) is 6.15. The highest BCUT2D eigenvalue weighted by molar-refractivity contribution is 5.78. The third kappa shape index (κ3) is 3.49. The van der Waals surface area contributed by atoms with Gasteiger partial charge in [0.05, 0.1) is 6.54 Å². The van der Waals surface area contributed by atoms with Gasteiger partial charge in [0.1, 0.15) is 0 Å². The molecule has 2 fully saturated rings. The van der Waals surface area contributed by atoms with E-state index in [4.69, 9.17) is 0 Å². The van der Waals surface area contributed by atoms with E-state index in [1.54, 1.807) is 0 Å². The molecule has 0 aromatic carbocycles. The smallest absolute Gasteiger partial charge is 0.234 e. The Morgan fingerprint density at radius 2 is 1.87 bits per heavy atom. The Kier molecular flexibility index (Phi) is 3.29. The fourth-order valence-corrected chi connectivity index (χ4v) is 2.63. The lowest BCUT2D eigenvalue weighted by Gasteiger charge is -2.34. The van der Waals surface area contributed by atoms with E-state index in [9.17, 15) is 4.79 Å². The molecule has 3 nitrogen and oxygen atoms in total. The quantitative estimate of drug-likeness (QED) is 0.760. The molecule has 1 aliphatic carbocycles. The minimum Gasteiger partial charge on any atom is -0.352 e. The number of carbonyl (C=O) groups excluding carboxylic acids is 1. The average Bonchev–Trinajstić information content (AvgIpc) is 2.85. The second kappa shape index (κ2) is 4.52. The van der Waals surface area contributed by atoms with E-state index in [0.29, 0.717) is 12.6 Å². The van der Waals surface area contributed by atoms with Crippen molar-refractivity contribution in [1.82, 2.24) is 10.2 Å². The number of nitrogens with one attached hydrogen (secondary N) is 1. The molecule has 15 heavy (non-hydrogen) atoms. The zero-order chi connectivity index (χ0) is 10.8. The number of hydrogen-bond donors (Lipinski definition) is 1. The van der Waals surface area contributed by atoms with E-state index in [-0.39, 0.29) is 5.91 Å². The number of nitrogens with zero attached hydrogens (tertiary/aromatic N) is 1. The van der Waals surface area contributed by atoms with Gasteiger partial charge in [-0.2, -0.15) is 0 Å². The minimum absolute atomic E-state index is 0.221. The summed E-state index contributed by atoms with van der Waals surface area (Å²) in [6.45, 7) is 7.33. The molecule has 0 radical (unpaired) electrons. The molecule has 0 aromatic rings. The van der Waals surface area contributed by atoms with Crippen LogP contribution in [0, 0.1) is 11.8 Å². The molecular weight excluding hydrogens is 188 g/mol. The van der Waals surface area contributed by atoms with E-state index in [1.807, 2.05) is 0 Å². The van der Waals surface area contributed by atoms with E-state index in [1.165, 1.54) is 19.3 Å².